The molecule has 0 aliphatic rings. The molecule has 0 heterocycles. The van der Waals surface area contributed by atoms with Gasteiger partial charge in [0.05, 0.1) is 28.4 Å². The van der Waals surface area contributed by atoms with Gasteiger partial charge in [-0.15, -0.1) is 0 Å². The minimum Gasteiger partial charge on any atom is -0.493 e. The summed E-state index contributed by atoms with van der Waals surface area (Å²) in [7, 11) is 5.32. The lowest BCUT2D eigenvalue weighted by molar-refractivity contribution is -0.146. The number of hydrogen-bond acceptors (Lipinski definition) is 7. The van der Waals surface area contributed by atoms with Crippen LogP contribution in [-0.2, 0) is 14.4 Å². The van der Waals surface area contributed by atoms with Gasteiger partial charge in [-0.3, -0.25) is 14.4 Å². The SMILES string of the molecule is COc1cccc(C(C(=O)O)C(=O)C(C(=O)O)c2cccc(OC)c2OC)c1OC. The molecule has 0 spiro atoms. The average molecular weight is 418 g/mol. The van der Waals surface area contributed by atoms with Gasteiger partial charge in [0.1, 0.15) is 11.8 Å². The number of benzene rings is 2. The second kappa shape index (κ2) is 9.64. The largest absolute Gasteiger partial charge is 0.493 e. The van der Waals surface area contributed by atoms with Crippen molar-refractivity contribution in [2.24, 2.45) is 0 Å². The van der Waals surface area contributed by atoms with Gasteiger partial charge in [0, 0.05) is 11.1 Å². The van der Waals surface area contributed by atoms with Crippen LogP contribution in [0.3, 0.4) is 0 Å². The Labute approximate surface area is 172 Å². The summed E-state index contributed by atoms with van der Waals surface area (Å²) in [6.07, 6.45) is 0. The van der Waals surface area contributed by atoms with E-state index >= 15 is 0 Å². The Hall–Kier alpha value is -3.75. The van der Waals surface area contributed by atoms with Gasteiger partial charge in [-0.1, -0.05) is 24.3 Å². The molecule has 0 saturated carbocycles. The highest BCUT2D eigenvalue weighted by Gasteiger charge is 2.42. The van der Waals surface area contributed by atoms with Crippen molar-refractivity contribution in [3.63, 3.8) is 0 Å². The third kappa shape index (κ3) is 4.14. The highest BCUT2D eigenvalue weighted by Crippen LogP contribution is 2.41. The quantitative estimate of drug-likeness (QED) is 0.559. The standard InChI is InChI=1S/C21H22O9/c1-27-13-9-5-7-11(18(13)29-3)15(20(23)24)17(22)16(21(25)26)12-8-6-10-14(28-2)19(12)30-4/h5-10,15-16H,1-4H3,(H,23,24)(H,25,26). The van der Waals surface area contributed by atoms with E-state index < -0.39 is 29.6 Å². The van der Waals surface area contributed by atoms with Gasteiger partial charge >= 0.3 is 11.9 Å². The molecule has 2 aromatic rings. The van der Waals surface area contributed by atoms with E-state index in [-0.39, 0.29) is 34.1 Å². The number of methoxy groups -OCH3 is 4. The fraction of sp³-hybridized carbons (Fsp3) is 0.286. The van der Waals surface area contributed by atoms with Gasteiger partial charge in [0.25, 0.3) is 0 Å². The zero-order chi connectivity index (χ0) is 22.4. The molecule has 9 nitrogen and oxygen atoms in total. The highest BCUT2D eigenvalue weighted by atomic mass is 16.5. The first-order valence-electron chi connectivity index (χ1n) is 8.73. The van der Waals surface area contributed by atoms with E-state index in [2.05, 4.69) is 0 Å². The van der Waals surface area contributed by atoms with E-state index in [0.29, 0.717) is 0 Å². The Morgan fingerprint density at radius 3 is 1.30 bits per heavy atom. The molecule has 0 radical (unpaired) electrons. The molecule has 9 heteroatoms. The summed E-state index contributed by atoms with van der Waals surface area (Å²) in [6, 6.07) is 8.79. The first-order valence-corrected chi connectivity index (χ1v) is 8.73. The van der Waals surface area contributed by atoms with Crippen molar-refractivity contribution in [2.75, 3.05) is 28.4 Å². The fourth-order valence-electron chi connectivity index (χ4n) is 3.26. The molecule has 2 atom stereocenters. The average Bonchev–Trinajstić information content (AvgIpc) is 2.72. The van der Waals surface area contributed by atoms with Crippen LogP contribution in [0.4, 0.5) is 0 Å². The van der Waals surface area contributed by atoms with E-state index in [9.17, 15) is 24.6 Å². The van der Waals surface area contributed by atoms with Crippen molar-refractivity contribution in [3.05, 3.63) is 47.5 Å². The molecule has 2 unspecified atom stereocenters. The number of ether oxygens (including phenoxy) is 4. The zero-order valence-corrected chi connectivity index (χ0v) is 16.9. The molecule has 160 valence electrons. The van der Waals surface area contributed by atoms with Crippen LogP contribution in [-0.4, -0.2) is 56.4 Å². The number of rotatable bonds is 10. The topological polar surface area (TPSA) is 129 Å². The second-order valence-corrected chi connectivity index (χ2v) is 6.11. The smallest absolute Gasteiger partial charge is 0.318 e. The Balaban J connectivity index is 2.69. The molecular formula is C21H22O9. The molecule has 0 fully saturated rings. The Kier molecular flexibility index (Phi) is 7.24. The first kappa shape index (κ1) is 22.5. The first-order chi connectivity index (χ1) is 14.3. The van der Waals surface area contributed by atoms with Crippen LogP contribution in [0.1, 0.15) is 23.0 Å². The van der Waals surface area contributed by atoms with Gasteiger partial charge in [-0.05, 0) is 12.1 Å². The lowest BCUT2D eigenvalue weighted by atomic mass is 9.82. The molecule has 0 amide bonds. The van der Waals surface area contributed by atoms with Crippen LogP contribution in [0.5, 0.6) is 23.0 Å². The van der Waals surface area contributed by atoms with Gasteiger partial charge < -0.3 is 29.2 Å². The number of carboxylic acid groups (broad SMARTS) is 2. The molecule has 2 rings (SSSR count). The Morgan fingerprint density at radius 2 is 1.03 bits per heavy atom. The normalized spacial score (nSPS) is 12.4. The maximum Gasteiger partial charge on any atom is 0.318 e. The summed E-state index contributed by atoms with van der Waals surface area (Å²) in [4.78, 5) is 37.5. The Bertz CT molecular complexity index is 876. The predicted octanol–water partition coefficient (Wildman–Crippen LogP) is 2.33. The number of carbonyl (C=O) groups is 3. The number of ketones is 1. The fourth-order valence-corrected chi connectivity index (χ4v) is 3.26. The lowest BCUT2D eigenvalue weighted by Crippen LogP contribution is -2.32. The van der Waals surface area contributed by atoms with Crippen LogP contribution in [0.2, 0.25) is 0 Å². The third-order valence-electron chi connectivity index (χ3n) is 4.55. The monoisotopic (exact) mass is 418 g/mol. The van der Waals surface area contributed by atoms with Crippen LogP contribution in [0.25, 0.3) is 0 Å². The molecule has 0 aliphatic carbocycles. The predicted molar refractivity (Wildman–Crippen MR) is 105 cm³/mol. The van der Waals surface area contributed by atoms with Crippen LogP contribution in [0.15, 0.2) is 36.4 Å². The highest BCUT2D eigenvalue weighted by molar-refractivity contribution is 6.15. The van der Waals surface area contributed by atoms with Crippen LogP contribution in [0, 0.1) is 0 Å². The summed E-state index contributed by atoms with van der Waals surface area (Å²) in [5.41, 5.74) is -0.0510. The second-order valence-electron chi connectivity index (χ2n) is 6.11. The summed E-state index contributed by atoms with van der Waals surface area (Å²) in [6.45, 7) is 0. The summed E-state index contributed by atoms with van der Waals surface area (Å²) in [5.74, 6) is -7.31. The minimum atomic E-state index is -1.83. The van der Waals surface area contributed by atoms with Crippen LogP contribution < -0.4 is 18.9 Å². The van der Waals surface area contributed by atoms with Crippen molar-refractivity contribution in [1.82, 2.24) is 0 Å². The van der Waals surface area contributed by atoms with Gasteiger partial charge in [0.2, 0.25) is 0 Å². The van der Waals surface area contributed by atoms with E-state index in [0.717, 1.165) is 0 Å². The molecule has 0 bridgehead atoms. The van der Waals surface area contributed by atoms with E-state index in [4.69, 9.17) is 18.9 Å². The molecule has 30 heavy (non-hydrogen) atoms. The van der Waals surface area contributed by atoms with Crippen molar-refractivity contribution >= 4 is 17.7 Å². The van der Waals surface area contributed by atoms with Gasteiger partial charge in [-0.25, -0.2) is 0 Å². The van der Waals surface area contributed by atoms with Gasteiger partial charge in [0.15, 0.2) is 28.8 Å². The van der Waals surface area contributed by atoms with Crippen molar-refractivity contribution in [2.45, 2.75) is 11.8 Å². The van der Waals surface area contributed by atoms with E-state index in [1.807, 2.05) is 0 Å². The summed E-state index contributed by atoms with van der Waals surface area (Å²) < 4.78 is 20.8. The number of hydrogen-bond donors (Lipinski definition) is 2. The molecule has 0 aromatic heterocycles. The molecule has 2 N–H and O–H groups in total. The molecular weight excluding hydrogens is 396 g/mol. The number of aliphatic carboxylic acids is 2. The number of para-hydroxylation sites is 2. The van der Waals surface area contributed by atoms with E-state index in [1.165, 1.54) is 64.8 Å². The van der Waals surface area contributed by atoms with Crippen LogP contribution >= 0.6 is 0 Å². The Morgan fingerprint density at radius 1 is 0.667 bits per heavy atom. The van der Waals surface area contributed by atoms with Crippen molar-refractivity contribution in [1.29, 1.82) is 0 Å². The lowest BCUT2D eigenvalue weighted by Gasteiger charge is -2.22. The molecule has 0 saturated heterocycles. The zero-order valence-electron chi connectivity index (χ0n) is 16.9. The molecule has 2 aromatic carbocycles. The number of Topliss-reactive ketones (excluding diaryl/α,β-unsaturated/α-hetero) is 1. The van der Waals surface area contributed by atoms with Crippen molar-refractivity contribution < 1.29 is 43.5 Å². The maximum absolute atomic E-state index is 13.3. The minimum absolute atomic E-state index is 0.0255. The van der Waals surface area contributed by atoms with Crippen molar-refractivity contribution in [3.8, 4) is 23.0 Å². The maximum atomic E-state index is 13.3. The number of carboxylic acids is 2. The van der Waals surface area contributed by atoms with E-state index in [1.54, 1.807) is 0 Å². The number of carbonyl (C=O) groups excluding carboxylic acids is 1. The summed E-state index contributed by atoms with van der Waals surface area (Å²) >= 11 is 0. The summed E-state index contributed by atoms with van der Waals surface area (Å²) in [5, 5.41) is 19.6. The molecule has 0 aliphatic heterocycles. The van der Waals surface area contributed by atoms with Gasteiger partial charge in [-0.2, -0.15) is 0 Å². The third-order valence-corrected chi connectivity index (χ3v) is 4.55.